The minimum Gasteiger partial charge on any atom is -0.503 e. The predicted octanol–water partition coefficient (Wildman–Crippen LogP) is 3.34. The van der Waals surface area contributed by atoms with E-state index >= 15 is 0 Å². The average molecular weight is 388 g/mol. The van der Waals surface area contributed by atoms with E-state index in [1.165, 1.54) is 12.1 Å². The van der Waals surface area contributed by atoms with Crippen molar-refractivity contribution < 1.29 is 9.50 Å². The largest absolute Gasteiger partial charge is 0.503 e. The molecule has 0 spiro atoms. The van der Waals surface area contributed by atoms with E-state index in [9.17, 15) is 14.3 Å². The zero-order valence-corrected chi connectivity index (χ0v) is 15.3. The number of fused-ring (bicyclic) bond motifs is 3. The van der Waals surface area contributed by atoms with Gasteiger partial charge < -0.3 is 9.67 Å². The first-order chi connectivity index (χ1) is 14.1. The number of aromatic hydroxyl groups is 1. The first-order valence-electron chi connectivity index (χ1n) is 9.26. The van der Waals surface area contributed by atoms with Gasteiger partial charge >= 0.3 is 0 Å². The van der Waals surface area contributed by atoms with Gasteiger partial charge in [0.1, 0.15) is 11.5 Å². The lowest BCUT2D eigenvalue weighted by Crippen LogP contribution is -2.32. The molecule has 1 aliphatic rings. The highest BCUT2D eigenvalue weighted by molar-refractivity contribution is 5.60. The normalized spacial score (nSPS) is 16.1. The van der Waals surface area contributed by atoms with Crippen LogP contribution in [0.1, 0.15) is 23.1 Å². The summed E-state index contributed by atoms with van der Waals surface area (Å²) < 4.78 is 17.2. The number of imidazole rings is 1. The number of nitrogens with zero attached hydrogens (tertiary/aromatic N) is 4. The van der Waals surface area contributed by atoms with Gasteiger partial charge in [0.15, 0.2) is 11.6 Å². The van der Waals surface area contributed by atoms with Crippen LogP contribution in [0.2, 0.25) is 0 Å². The van der Waals surface area contributed by atoms with Crippen molar-refractivity contribution >= 4 is 0 Å². The van der Waals surface area contributed by atoms with Gasteiger partial charge in [-0.15, -0.1) is 0 Å². The van der Waals surface area contributed by atoms with Crippen LogP contribution < -0.4 is 5.43 Å². The topological polar surface area (TPSA) is 72.9 Å². The van der Waals surface area contributed by atoms with Crippen LogP contribution in [0.15, 0.2) is 78.0 Å². The number of hydrogen-bond donors (Lipinski definition) is 1. The van der Waals surface area contributed by atoms with Gasteiger partial charge in [0.25, 0.3) is 0 Å². The number of benzene rings is 2. The molecule has 0 aliphatic carbocycles. The van der Waals surface area contributed by atoms with Crippen LogP contribution in [0.3, 0.4) is 0 Å². The van der Waals surface area contributed by atoms with Crippen LogP contribution in [-0.4, -0.2) is 24.4 Å². The average Bonchev–Trinajstić information content (AvgIpc) is 3.21. The van der Waals surface area contributed by atoms with E-state index in [1.807, 2.05) is 41.1 Å². The summed E-state index contributed by atoms with van der Waals surface area (Å²) in [6.07, 6.45) is 4.57. The lowest BCUT2D eigenvalue weighted by Gasteiger charge is -2.34. The van der Waals surface area contributed by atoms with E-state index in [1.54, 1.807) is 23.0 Å². The summed E-state index contributed by atoms with van der Waals surface area (Å²) in [5.74, 6) is -0.362. The first kappa shape index (κ1) is 17.4. The van der Waals surface area contributed by atoms with Crippen molar-refractivity contribution in [2.24, 2.45) is 0 Å². The SMILES string of the molecule is O=c1cnn2c(c1O)-c1nccn1C[C@@H]2C(c1ccccc1)c1ccc(F)cc1. The Morgan fingerprint density at radius 1 is 1.07 bits per heavy atom. The molecule has 2 aromatic heterocycles. The summed E-state index contributed by atoms with van der Waals surface area (Å²) >= 11 is 0. The Balaban J connectivity index is 1.75. The molecule has 1 unspecified atom stereocenters. The molecule has 4 aromatic rings. The van der Waals surface area contributed by atoms with Crippen LogP contribution in [0.5, 0.6) is 5.75 Å². The third-order valence-electron chi connectivity index (χ3n) is 5.38. The summed E-state index contributed by atoms with van der Waals surface area (Å²) in [5, 5.41) is 14.9. The van der Waals surface area contributed by atoms with Crippen LogP contribution in [0.25, 0.3) is 11.5 Å². The second kappa shape index (κ2) is 6.70. The molecule has 0 fully saturated rings. The van der Waals surface area contributed by atoms with Gasteiger partial charge in [-0.25, -0.2) is 9.37 Å². The van der Waals surface area contributed by atoms with Crippen LogP contribution in [-0.2, 0) is 6.54 Å². The maximum atomic E-state index is 13.6. The molecule has 0 saturated carbocycles. The Morgan fingerprint density at radius 3 is 2.55 bits per heavy atom. The Hall–Kier alpha value is -3.74. The van der Waals surface area contributed by atoms with Crippen molar-refractivity contribution in [2.45, 2.75) is 18.5 Å². The molecule has 2 atom stereocenters. The lowest BCUT2D eigenvalue weighted by atomic mass is 9.84. The van der Waals surface area contributed by atoms with Crippen molar-refractivity contribution in [3.8, 4) is 17.3 Å². The molecule has 0 bridgehead atoms. The summed E-state index contributed by atoms with van der Waals surface area (Å²) in [5.41, 5.74) is 1.68. The second-order valence-electron chi connectivity index (χ2n) is 7.06. The van der Waals surface area contributed by atoms with E-state index in [2.05, 4.69) is 10.1 Å². The Labute approximate surface area is 165 Å². The summed E-state index contributed by atoms with van der Waals surface area (Å²) in [4.78, 5) is 16.4. The molecule has 5 rings (SSSR count). The molecular formula is C22H17FN4O2. The third kappa shape index (κ3) is 2.82. The van der Waals surface area contributed by atoms with E-state index < -0.39 is 5.43 Å². The van der Waals surface area contributed by atoms with E-state index in [-0.39, 0.29) is 23.5 Å². The Bertz CT molecular complexity index is 1230. The summed E-state index contributed by atoms with van der Waals surface area (Å²) in [7, 11) is 0. The van der Waals surface area contributed by atoms with Gasteiger partial charge in [-0.3, -0.25) is 9.48 Å². The van der Waals surface area contributed by atoms with Gasteiger partial charge in [0, 0.05) is 24.9 Å². The van der Waals surface area contributed by atoms with Gasteiger partial charge in [-0.1, -0.05) is 42.5 Å². The minimum absolute atomic E-state index is 0.180. The smallest absolute Gasteiger partial charge is 0.242 e. The van der Waals surface area contributed by atoms with Gasteiger partial charge in [0.05, 0.1) is 12.2 Å². The van der Waals surface area contributed by atoms with Gasteiger partial charge in [0.2, 0.25) is 5.43 Å². The van der Waals surface area contributed by atoms with Gasteiger partial charge in [-0.05, 0) is 23.3 Å². The number of rotatable bonds is 3. The fourth-order valence-electron chi connectivity index (χ4n) is 4.08. The zero-order valence-electron chi connectivity index (χ0n) is 15.3. The summed E-state index contributed by atoms with van der Waals surface area (Å²) in [6, 6.07) is 16.0. The molecule has 2 aromatic carbocycles. The highest BCUT2D eigenvalue weighted by Gasteiger charge is 2.35. The molecule has 0 saturated heterocycles. The fourth-order valence-corrected chi connectivity index (χ4v) is 4.08. The highest BCUT2D eigenvalue weighted by atomic mass is 19.1. The van der Waals surface area contributed by atoms with E-state index in [0.717, 1.165) is 17.3 Å². The van der Waals surface area contributed by atoms with Crippen LogP contribution in [0.4, 0.5) is 4.39 Å². The monoisotopic (exact) mass is 388 g/mol. The maximum Gasteiger partial charge on any atom is 0.242 e. The standard InChI is InChI=1S/C22H17FN4O2/c23-16-8-6-15(7-9-16)19(14-4-2-1-3-5-14)17-13-26-11-10-24-22(26)20-21(29)18(28)12-25-27(17)20/h1-12,17,19,29H,13H2/t17-,19?/m1/s1. The molecule has 0 amide bonds. The second-order valence-corrected chi connectivity index (χ2v) is 7.06. The number of hydrogen-bond acceptors (Lipinski definition) is 4. The molecule has 1 aliphatic heterocycles. The molecule has 3 heterocycles. The molecule has 6 nitrogen and oxygen atoms in total. The van der Waals surface area contributed by atoms with Crippen molar-refractivity contribution in [2.75, 3.05) is 0 Å². The molecule has 1 N–H and O–H groups in total. The molecule has 0 radical (unpaired) electrons. The van der Waals surface area contributed by atoms with Crippen molar-refractivity contribution in [3.63, 3.8) is 0 Å². The van der Waals surface area contributed by atoms with Crippen LogP contribution in [0, 0.1) is 5.82 Å². The molecule has 29 heavy (non-hydrogen) atoms. The first-order valence-corrected chi connectivity index (χ1v) is 9.26. The minimum atomic E-state index is -0.551. The molecular weight excluding hydrogens is 371 g/mol. The quantitative estimate of drug-likeness (QED) is 0.584. The lowest BCUT2D eigenvalue weighted by molar-refractivity contribution is 0.331. The maximum absolute atomic E-state index is 13.6. The fraction of sp³-hybridized carbons (Fsp3) is 0.136. The Morgan fingerprint density at radius 2 is 1.79 bits per heavy atom. The molecule has 144 valence electrons. The van der Waals surface area contributed by atoms with Gasteiger partial charge in [-0.2, -0.15) is 5.10 Å². The predicted molar refractivity (Wildman–Crippen MR) is 105 cm³/mol. The van der Waals surface area contributed by atoms with E-state index in [0.29, 0.717) is 18.1 Å². The molecule has 7 heteroatoms. The Kier molecular flexibility index (Phi) is 4.01. The zero-order chi connectivity index (χ0) is 20.0. The van der Waals surface area contributed by atoms with Crippen molar-refractivity contribution in [1.82, 2.24) is 19.3 Å². The highest BCUT2D eigenvalue weighted by Crippen LogP contribution is 2.42. The van der Waals surface area contributed by atoms with E-state index in [4.69, 9.17) is 0 Å². The third-order valence-corrected chi connectivity index (χ3v) is 5.38. The van der Waals surface area contributed by atoms with Crippen molar-refractivity contribution in [1.29, 1.82) is 0 Å². The number of aromatic nitrogens is 4. The number of halogens is 1. The summed E-state index contributed by atoms with van der Waals surface area (Å²) in [6.45, 7) is 0.536. The van der Waals surface area contributed by atoms with Crippen molar-refractivity contribution in [3.05, 3.63) is 100 Å². The van der Waals surface area contributed by atoms with Crippen LogP contribution >= 0.6 is 0 Å².